The van der Waals surface area contributed by atoms with Gasteiger partial charge in [0.05, 0.1) is 6.61 Å². The monoisotopic (exact) mass is 382 g/mol. The van der Waals surface area contributed by atoms with E-state index in [2.05, 4.69) is 0 Å². The molecule has 0 bridgehead atoms. The maximum absolute atomic E-state index is 12.6. The van der Waals surface area contributed by atoms with Crippen LogP contribution in [0.3, 0.4) is 0 Å². The summed E-state index contributed by atoms with van der Waals surface area (Å²) in [7, 11) is 4.77. The maximum atomic E-state index is 12.6. The van der Waals surface area contributed by atoms with E-state index in [1.807, 2.05) is 0 Å². The van der Waals surface area contributed by atoms with Gasteiger partial charge in [0.25, 0.3) is 0 Å². The Morgan fingerprint density at radius 3 is 2.46 bits per heavy atom. The van der Waals surface area contributed by atoms with E-state index in [0.29, 0.717) is 23.9 Å². The Labute approximate surface area is 157 Å². The number of nitrogens with zero attached hydrogens (tertiary/aromatic N) is 4. The molecule has 9 heteroatoms. The van der Waals surface area contributed by atoms with E-state index >= 15 is 0 Å². The Morgan fingerprint density at radius 1 is 1.23 bits per heavy atom. The van der Waals surface area contributed by atoms with Gasteiger partial charge in [-0.3, -0.25) is 14.5 Å². The van der Waals surface area contributed by atoms with Crippen LogP contribution < -0.4 is 4.90 Å². The number of urea groups is 1. The molecule has 1 saturated heterocycles. The lowest BCUT2D eigenvalue weighted by atomic mass is 10.3. The molecule has 0 aliphatic carbocycles. The van der Waals surface area contributed by atoms with Crippen LogP contribution in [0.1, 0.15) is 0 Å². The number of carbonyl (C=O) groups is 3. The Bertz CT molecular complexity index is 665. The van der Waals surface area contributed by atoms with Gasteiger partial charge in [0, 0.05) is 38.5 Å². The second kappa shape index (κ2) is 8.86. The molecule has 0 aromatic heterocycles. The van der Waals surface area contributed by atoms with E-state index in [1.165, 1.54) is 26.7 Å². The molecule has 0 spiro atoms. The Hall–Kier alpha value is -2.32. The number of amides is 4. The molecular formula is C17H23ClN4O4. The molecule has 1 heterocycles. The quantitative estimate of drug-likeness (QED) is 0.738. The van der Waals surface area contributed by atoms with Gasteiger partial charge in [-0.1, -0.05) is 11.6 Å². The van der Waals surface area contributed by atoms with Crippen molar-refractivity contribution in [1.29, 1.82) is 0 Å². The third-order valence-electron chi connectivity index (χ3n) is 3.97. The van der Waals surface area contributed by atoms with Gasteiger partial charge >= 0.3 is 6.03 Å². The number of halogens is 1. The molecule has 26 heavy (non-hydrogen) atoms. The van der Waals surface area contributed by atoms with E-state index in [4.69, 9.17) is 16.3 Å². The fraction of sp³-hybridized carbons (Fsp3) is 0.471. The summed E-state index contributed by atoms with van der Waals surface area (Å²) in [6, 6.07) is 6.56. The second-order valence-corrected chi connectivity index (χ2v) is 6.56. The minimum absolute atomic E-state index is 0.0181. The van der Waals surface area contributed by atoms with Crippen LogP contribution in [-0.2, 0) is 14.3 Å². The molecule has 142 valence electrons. The maximum Gasteiger partial charge on any atom is 0.320 e. The van der Waals surface area contributed by atoms with E-state index in [9.17, 15) is 14.4 Å². The lowest BCUT2D eigenvalue weighted by Gasteiger charge is -2.27. The minimum Gasteiger partial charge on any atom is -0.383 e. The van der Waals surface area contributed by atoms with Crippen LogP contribution in [0.4, 0.5) is 10.5 Å². The molecule has 4 amide bonds. The van der Waals surface area contributed by atoms with Crippen molar-refractivity contribution in [3.05, 3.63) is 29.3 Å². The number of hydrogen-bond donors (Lipinski definition) is 0. The summed E-state index contributed by atoms with van der Waals surface area (Å²) in [5.74, 6) is -0.468. The van der Waals surface area contributed by atoms with Crippen molar-refractivity contribution < 1.29 is 19.1 Å². The Morgan fingerprint density at radius 2 is 1.88 bits per heavy atom. The number of rotatable bonds is 6. The first kappa shape index (κ1) is 20.0. The molecule has 0 radical (unpaired) electrons. The van der Waals surface area contributed by atoms with E-state index in [0.717, 1.165) is 0 Å². The second-order valence-electron chi connectivity index (χ2n) is 6.12. The number of ether oxygens (including phenoxy) is 1. The topological polar surface area (TPSA) is 73.4 Å². The molecule has 1 aliphatic rings. The van der Waals surface area contributed by atoms with Gasteiger partial charge in [-0.15, -0.1) is 0 Å². The summed E-state index contributed by atoms with van der Waals surface area (Å²) in [6.45, 7) is 0.635. The van der Waals surface area contributed by atoms with E-state index in [-0.39, 0.29) is 37.6 Å². The molecule has 0 unspecified atom stereocenters. The predicted octanol–water partition coefficient (Wildman–Crippen LogP) is 1.10. The van der Waals surface area contributed by atoms with Crippen LogP contribution >= 0.6 is 11.6 Å². The fourth-order valence-corrected chi connectivity index (χ4v) is 2.68. The largest absolute Gasteiger partial charge is 0.383 e. The van der Waals surface area contributed by atoms with Crippen LogP contribution in [-0.4, -0.2) is 86.7 Å². The van der Waals surface area contributed by atoms with E-state index in [1.54, 1.807) is 38.4 Å². The standard InChI is InChI=1S/C17H23ClN4O4/c1-19(2)17(25)20(8-9-26-3)10-15(23)21-11-16(24)22(12-21)14-6-4-13(18)5-7-14/h4-7H,8-12H2,1-3H3. The molecular weight excluding hydrogens is 360 g/mol. The number of carbonyl (C=O) groups excluding carboxylic acids is 3. The van der Waals surface area contributed by atoms with E-state index < -0.39 is 0 Å². The van der Waals surface area contributed by atoms with Crippen LogP contribution in [0.2, 0.25) is 5.02 Å². The van der Waals surface area contributed by atoms with Crippen LogP contribution in [0.15, 0.2) is 24.3 Å². The van der Waals surface area contributed by atoms with Crippen molar-refractivity contribution in [2.24, 2.45) is 0 Å². The first-order valence-electron chi connectivity index (χ1n) is 8.12. The lowest BCUT2D eigenvalue weighted by molar-refractivity contribution is -0.132. The molecule has 1 aliphatic heterocycles. The SMILES string of the molecule is COCCN(CC(=O)N1CC(=O)N(c2ccc(Cl)cc2)C1)C(=O)N(C)C. The molecule has 0 atom stereocenters. The zero-order valence-electron chi connectivity index (χ0n) is 15.1. The third-order valence-corrected chi connectivity index (χ3v) is 4.23. The van der Waals surface area contributed by atoms with Crippen molar-refractivity contribution in [2.45, 2.75) is 0 Å². The van der Waals surface area contributed by atoms with Crippen molar-refractivity contribution in [1.82, 2.24) is 14.7 Å². The molecule has 0 N–H and O–H groups in total. The summed E-state index contributed by atoms with van der Waals surface area (Å²) in [4.78, 5) is 42.8. The average Bonchev–Trinajstić information content (AvgIpc) is 3.00. The lowest BCUT2D eigenvalue weighted by Crippen LogP contribution is -2.47. The summed E-state index contributed by atoms with van der Waals surface area (Å²) in [5, 5.41) is 0.573. The molecule has 1 fully saturated rings. The van der Waals surface area contributed by atoms with Gasteiger partial charge in [0.1, 0.15) is 19.8 Å². The molecule has 0 saturated carbocycles. The predicted molar refractivity (Wildman–Crippen MR) is 98.1 cm³/mol. The third kappa shape index (κ3) is 4.86. The van der Waals surface area contributed by atoms with Crippen LogP contribution in [0.25, 0.3) is 0 Å². The molecule has 1 aromatic carbocycles. The van der Waals surface area contributed by atoms with Gasteiger partial charge in [-0.2, -0.15) is 0 Å². The summed E-state index contributed by atoms with van der Waals surface area (Å²) >= 11 is 5.87. The zero-order valence-corrected chi connectivity index (χ0v) is 15.9. The zero-order chi connectivity index (χ0) is 19.3. The normalized spacial score (nSPS) is 13.9. The highest BCUT2D eigenvalue weighted by Gasteiger charge is 2.33. The molecule has 8 nitrogen and oxygen atoms in total. The van der Waals surface area contributed by atoms with Gasteiger partial charge < -0.3 is 19.4 Å². The van der Waals surface area contributed by atoms with Crippen molar-refractivity contribution in [3.63, 3.8) is 0 Å². The average molecular weight is 383 g/mol. The number of anilines is 1. The smallest absolute Gasteiger partial charge is 0.320 e. The highest BCUT2D eigenvalue weighted by atomic mass is 35.5. The van der Waals surface area contributed by atoms with Gasteiger partial charge in [-0.05, 0) is 24.3 Å². The number of hydrogen-bond acceptors (Lipinski definition) is 4. The first-order valence-corrected chi connectivity index (χ1v) is 8.50. The summed E-state index contributed by atoms with van der Waals surface area (Å²) in [6.07, 6.45) is 0. The van der Waals surface area contributed by atoms with Gasteiger partial charge in [0.2, 0.25) is 11.8 Å². The number of methoxy groups -OCH3 is 1. The fourth-order valence-electron chi connectivity index (χ4n) is 2.55. The van der Waals surface area contributed by atoms with Crippen molar-refractivity contribution in [2.75, 3.05) is 59.0 Å². The Kier molecular flexibility index (Phi) is 6.82. The molecule has 2 rings (SSSR count). The molecule has 1 aromatic rings. The van der Waals surface area contributed by atoms with Crippen LogP contribution in [0, 0.1) is 0 Å². The minimum atomic E-state index is -0.291. The highest BCUT2D eigenvalue weighted by Crippen LogP contribution is 2.21. The summed E-state index contributed by atoms with van der Waals surface area (Å²) < 4.78 is 5.00. The van der Waals surface area contributed by atoms with Gasteiger partial charge in [-0.25, -0.2) is 4.79 Å². The first-order chi connectivity index (χ1) is 12.3. The highest BCUT2D eigenvalue weighted by molar-refractivity contribution is 6.30. The van der Waals surface area contributed by atoms with Crippen molar-refractivity contribution >= 4 is 35.1 Å². The van der Waals surface area contributed by atoms with Gasteiger partial charge in [0.15, 0.2) is 0 Å². The Balaban J connectivity index is 2.03. The number of benzene rings is 1. The summed E-state index contributed by atoms with van der Waals surface area (Å²) in [5.41, 5.74) is 0.676. The van der Waals surface area contributed by atoms with Crippen LogP contribution in [0.5, 0.6) is 0 Å². The van der Waals surface area contributed by atoms with Crippen molar-refractivity contribution in [3.8, 4) is 0 Å².